The minimum Gasteiger partial charge on any atom is -0.353 e. The van der Waals surface area contributed by atoms with Crippen LogP contribution in [-0.4, -0.2) is 83.8 Å². The van der Waals surface area contributed by atoms with Gasteiger partial charge in [-0.2, -0.15) is 0 Å². The van der Waals surface area contributed by atoms with E-state index in [2.05, 4.69) is 10.2 Å². The Hall–Kier alpha value is -1.63. The number of carbonyl (C=O) groups is 3. The van der Waals surface area contributed by atoms with E-state index in [1.54, 1.807) is 0 Å². The van der Waals surface area contributed by atoms with Crippen LogP contribution in [0.1, 0.15) is 58.8 Å². The smallest absolute Gasteiger partial charge is 0.245 e. The Bertz CT molecular complexity index is 566. The van der Waals surface area contributed by atoms with Crippen molar-refractivity contribution in [3.05, 3.63) is 0 Å². The molecule has 0 aromatic carbocycles. The quantitative estimate of drug-likeness (QED) is 0.764. The lowest BCUT2D eigenvalue weighted by molar-refractivity contribution is -0.147. The molecule has 3 fully saturated rings. The maximum Gasteiger partial charge on any atom is 0.245 e. The van der Waals surface area contributed by atoms with Crippen molar-refractivity contribution in [1.82, 2.24) is 20.0 Å². The van der Waals surface area contributed by atoms with E-state index in [0.717, 1.165) is 45.1 Å². The SMILES string of the molecule is CC(C)NC(=O)CN1CCN(C(=O)[C@H]2CCCN2C(=O)C2CCCCC2)CC1. The molecular weight excluding hydrogens is 356 g/mol. The van der Waals surface area contributed by atoms with Crippen molar-refractivity contribution >= 4 is 17.7 Å². The second kappa shape index (κ2) is 9.72. The van der Waals surface area contributed by atoms with Crippen LogP contribution < -0.4 is 5.32 Å². The lowest BCUT2D eigenvalue weighted by Gasteiger charge is -2.38. The Balaban J connectivity index is 1.50. The van der Waals surface area contributed by atoms with Crippen molar-refractivity contribution in [2.24, 2.45) is 5.92 Å². The minimum absolute atomic E-state index is 0.0369. The largest absolute Gasteiger partial charge is 0.353 e. The fourth-order valence-electron chi connectivity index (χ4n) is 4.78. The third kappa shape index (κ3) is 5.25. The van der Waals surface area contributed by atoms with E-state index in [0.29, 0.717) is 32.7 Å². The summed E-state index contributed by atoms with van der Waals surface area (Å²) in [5.41, 5.74) is 0. The number of piperazine rings is 1. The molecule has 0 unspecified atom stereocenters. The standard InChI is InChI=1S/C21H36N4O3/c1-16(2)22-19(26)15-23-11-13-24(14-12-23)21(28)18-9-6-10-25(18)20(27)17-7-4-3-5-8-17/h16-18H,3-15H2,1-2H3,(H,22,26)/t18-/m1/s1. The molecule has 3 rings (SSSR count). The van der Waals surface area contributed by atoms with E-state index >= 15 is 0 Å². The average molecular weight is 393 g/mol. The Labute approximate surface area is 168 Å². The Morgan fingerprint density at radius 3 is 2.18 bits per heavy atom. The monoisotopic (exact) mass is 392 g/mol. The fraction of sp³-hybridized carbons (Fsp3) is 0.857. The van der Waals surface area contributed by atoms with Crippen molar-refractivity contribution in [2.75, 3.05) is 39.3 Å². The summed E-state index contributed by atoms with van der Waals surface area (Å²) < 4.78 is 0. The summed E-state index contributed by atoms with van der Waals surface area (Å²) in [7, 11) is 0. The van der Waals surface area contributed by atoms with Gasteiger partial charge < -0.3 is 15.1 Å². The topological polar surface area (TPSA) is 73.0 Å². The maximum atomic E-state index is 13.1. The van der Waals surface area contributed by atoms with Crippen LogP contribution in [-0.2, 0) is 14.4 Å². The molecule has 3 aliphatic rings. The number of nitrogens with zero attached hydrogens (tertiary/aromatic N) is 3. The lowest BCUT2D eigenvalue weighted by Crippen LogP contribution is -2.56. The summed E-state index contributed by atoms with van der Waals surface area (Å²) in [5, 5.41) is 2.91. The summed E-state index contributed by atoms with van der Waals surface area (Å²) in [6.45, 7) is 7.70. The number of hydrogen-bond donors (Lipinski definition) is 1. The number of amides is 3. The minimum atomic E-state index is -0.273. The molecular formula is C21H36N4O3. The van der Waals surface area contributed by atoms with Gasteiger partial charge in [0.2, 0.25) is 17.7 Å². The highest BCUT2D eigenvalue weighted by Crippen LogP contribution is 2.29. The Kier molecular flexibility index (Phi) is 7.32. The first-order valence-corrected chi connectivity index (χ1v) is 11.1. The zero-order valence-corrected chi connectivity index (χ0v) is 17.5. The number of likely N-dealkylation sites (tertiary alicyclic amines) is 1. The van der Waals surface area contributed by atoms with Gasteiger partial charge in [0, 0.05) is 44.7 Å². The third-order valence-corrected chi connectivity index (χ3v) is 6.28. The van der Waals surface area contributed by atoms with Crippen LogP contribution in [0.5, 0.6) is 0 Å². The zero-order valence-electron chi connectivity index (χ0n) is 17.5. The first-order chi connectivity index (χ1) is 13.5. The highest BCUT2D eigenvalue weighted by molar-refractivity contribution is 5.89. The number of hydrogen-bond acceptors (Lipinski definition) is 4. The Morgan fingerprint density at radius 1 is 0.857 bits per heavy atom. The second-order valence-corrected chi connectivity index (χ2v) is 8.85. The van der Waals surface area contributed by atoms with Gasteiger partial charge in [-0.1, -0.05) is 19.3 Å². The van der Waals surface area contributed by atoms with Gasteiger partial charge in [-0.15, -0.1) is 0 Å². The van der Waals surface area contributed by atoms with Gasteiger partial charge in [0.1, 0.15) is 6.04 Å². The molecule has 1 saturated carbocycles. The molecule has 158 valence electrons. The molecule has 0 aromatic rings. The molecule has 0 bridgehead atoms. The van der Waals surface area contributed by atoms with Crippen LogP contribution in [0.25, 0.3) is 0 Å². The fourth-order valence-corrected chi connectivity index (χ4v) is 4.78. The first kappa shape index (κ1) is 21.1. The Morgan fingerprint density at radius 2 is 1.54 bits per heavy atom. The van der Waals surface area contributed by atoms with E-state index in [-0.39, 0.29) is 35.7 Å². The molecule has 2 saturated heterocycles. The van der Waals surface area contributed by atoms with Crippen molar-refractivity contribution in [1.29, 1.82) is 0 Å². The van der Waals surface area contributed by atoms with E-state index in [1.165, 1.54) is 6.42 Å². The molecule has 0 spiro atoms. The van der Waals surface area contributed by atoms with Crippen molar-refractivity contribution in [3.63, 3.8) is 0 Å². The van der Waals surface area contributed by atoms with Gasteiger partial charge in [0.05, 0.1) is 6.54 Å². The molecule has 3 amide bonds. The van der Waals surface area contributed by atoms with Crippen LogP contribution in [0.15, 0.2) is 0 Å². The summed E-state index contributed by atoms with van der Waals surface area (Å²) >= 11 is 0. The van der Waals surface area contributed by atoms with Gasteiger partial charge in [-0.3, -0.25) is 19.3 Å². The number of rotatable bonds is 5. The average Bonchev–Trinajstić information content (AvgIpc) is 3.17. The van der Waals surface area contributed by atoms with Gasteiger partial charge in [-0.05, 0) is 39.5 Å². The van der Waals surface area contributed by atoms with Gasteiger partial charge >= 0.3 is 0 Å². The molecule has 0 radical (unpaired) electrons. The molecule has 28 heavy (non-hydrogen) atoms. The molecule has 1 aliphatic carbocycles. The molecule has 7 nitrogen and oxygen atoms in total. The zero-order chi connectivity index (χ0) is 20.1. The van der Waals surface area contributed by atoms with Gasteiger partial charge in [0.15, 0.2) is 0 Å². The van der Waals surface area contributed by atoms with Crippen LogP contribution in [0.3, 0.4) is 0 Å². The second-order valence-electron chi connectivity index (χ2n) is 8.85. The summed E-state index contributed by atoms with van der Waals surface area (Å²) in [6.07, 6.45) is 7.16. The molecule has 1 N–H and O–H groups in total. The number of carbonyl (C=O) groups excluding carboxylic acids is 3. The van der Waals surface area contributed by atoms with Gasteiger partial charge in [-0.25, -0.2) is 0 Å². The van der Waals surface area contributed by atoms with E-state index in [9.17, 15) is 14.4 Å². The van der Waals surface area contributed by atoms with Crippen LogP contribution in [0.4, 0.5) is 0 Å². The number of nitrogens with one attached hydrogen (secondary N) is 1. The molecule has 1 atom stereocenters. The van der Waals surface area contributed by atoms with E-state index in [4.69, 9.17) is 0 Å². The highest BCUT2D eigenvalue weighted by Gasteiger charge is 2.39. The summed E-state index contributed by atoms with van der Waals surface area (Å²) in [6, 6.07) is -0.129. The van der Waals surface area contributed by atoms with E-state index in [1.807, 2.05) is 23.6 Å². The first-order valence-electron chi connectivity index (χ1n) is 11.1. The molecule has 2 aliphatic heterocycles. The predicted octanol–water partition coefficient (Wildman–Crippen LogP) is 1.23. The summed E-state index contributed by atoms with van der Waals surface area (Å²) in [4.78, 5) is 43.9. The van der Waals surface area contributed by atoms with Crippen LogP contribution in [0, 0.1) is 5.92 Å². The van der Waals surface area contributed by atoms with Crippen molar-refractivity contribution in [2.45, 2.75) is 70.9 Å². The highest BCUT2D eigenvalue weighted by atomic mass is 16.2. The molecule has 7 heteroatoms. The van der Waals surface area contributed by atoms with Crippen molar-refractivity contribution in [3.8, 4) is 0 Å². The van der Waals surface area contributed by atoms with Crippen LogP contribution in [0.2, 0.25) is 0 Å². The van der Waals surface area contributed by atoms with Gasteiger partial charge in [0.25, 0.3) is 0 Å². The molecule has 2 heterocycles. The van der Waals surface area contributed by atoms with Crippen molar-refractivity contribution < 1.29 is 14.4 Å². The lowest BCUT2D eigenvalue weighted by atomic mass is 9.88. The third-order valence-electron chi connectivity index (χ3n) is 6.28. The maximum absolute atomic E-state index is 13.1. The molecule has 0 aromatic heterocycles. The summed E-state index contributed by atoms with van der Waals surface area (Å²) in [5.74, 6) is 0.473. The predicted molar refractivity (Wildman–Crippen MR) is 108 cm³/mol. The van der Waals surface area contributed by atoms with E-state index < -0.39 is 0 Å². The normalized spacial score (nSPS) is 24.6. The van der Waals surface area contributed by atoms with Crippen LogP contribution >= 0.6 is 0 Å².